The minimum absolute atomic E-state index is 0.737. The molecule has 0 atom stereocenters. The van der Waals surface area contributed by atoms with Crippen LogP contribution in [-0.4, -0.2) is 13.7 Å². The average molecular weight is 285 g/mol. The molecular weight excluding hydrogens is 262 g/mol. The van der Waals surface area contributed by atoms with Gasteiger partial charge in [-0.1, -0.05) is 25.1 Å². The fraction of sp³-hybridized carbons (Fsp3) is 0.333. The SMILES string of the molecule is CCCOc1cc(C)ccc1NCc1ccc(OC)cc1. The van der Waals surface area contributed by atoms with Crippen LogP contribution >= 0.6 is 0 Å². The van der Waals surface area contributed by atoms with Gasteiger partial charge in [-0.3, -0.25) is 0 Å². The second-order valence-corrected chi connectivity index (χ2v) is 5.05. The van der Waals surface area contributed by atoms with E-state index in [9.17, 15) is 0 Å². The van der Waals surface area contributed by atoms with Crippen molar-refractivity contribution in [1.29, 1.82) is 0 Å². The summed E-state index contributed by atoms with van der Waals surface area (Å²) in [6.45, 7) is 5.68. The molecule has 0 aliphatic carbocycles. The molecule has 3 heteroatoms. The monoisotopic (exact) mass is 285 g/mol. The van der Waals surface area contributed by atoms with Gasteiger partial charge in [-0.2, -0.15) is 0 Å². The van der Waals surface area contributed by atoms with Gasteiger partial charge >= 0.3 is 0 Å². The summed E-state index contributed by atoms with van der Waals surface area (Å²) in [4.78, 5) is 0. The van der Waals surface area contributed by atoms with Crippen LogP contribution < -0.4 is 14.8 Å². The Bertz CT molecular complexity index is 564. The predicted octanol–water partition coefficient (Wildman–Crippen LogP) is 4.40. The highest BCUT2D eigenvalue weighted by Gasteiger charge is 2.04. The average Bonchev–Trinajstić information content (AvgIpc) is 2.52. The van der Waals surface area contributed by atoms with E-state index < -0.39 is 0 Å². The second kappa shape index (κ2) is 7.58. The van der Waals surface area contributed by atoms with Gasteiger partial charge in [-0.05, 0) is 48.7 Å². The number of nitrogens with one attached hydrogen (secondary N) is 1. The van der Waals surface area contributed by atoms with Crippen molar-refractivity contribution in [3.63, 3.8) is 0 Å². The largest absolute Gasteiger partial charge is 0.497 e. The molecule has 0 unspecified atom stereocenters. The van der Waals surface area contributed by atoms with Gasteiger partial charge in [0.15, 0.2) is 0 Å². The molecule has 2 rings (SSSR count). The Balaban J connectivity index is 2.04. The Labute approximate surface area is 126 Å². The zero-order chi connectivity index (χ0) is 15.1. The van der Waals surface area contributed by atoms with E-state index in [2.05, 4.69) is 49.5 Å². The Kier molecular flexibility index (Phi) is 5.50. The Morgan fingerprint density at radius 2 is 1.81 bits per heavy atom. The molecule has 2 aromatic carbocycles. The number of benzene rings is 2. The molecule has 0 heterocycles. The van der Waals surface area contributed by atoms with E-state index in [0.29, 0.717) is 0 Å². The summed E-state index contributed by atoms with van der Waals surface area (Å²) >= 11 is 0. The van der Waals surface area contributed by atoms with Crippen LogP contribution in [0.25, 0.3) is 0 Å². The molecule has 1 N–H and O–H groups in total. The third-order valence-electron chi connectivity index (χ3n) is 3.24. The van der Waals surface area contributed by atoms with Gasteiger partial charge in [0.05, 0.1) is 19.4 Å². The summed E-state index contributed by atoms with van der Waals surface area (Å²) in [7, 11) is 1.68. The third kappa shape index (κ3) is 4.42. The molecule has 0 aromatic heterocycles. The van der Waals surface area contributed by atoms with Gasteiger partial charge in [0.25, 0.3) is 0 Å². The number of anilines is 1. The maximum Gasteiger partial charge on any atom is 0.142 e. The van der Waals surface area contributed by atoms with Crippen LogP contribution in [0.1, 0.15) is 24.5 Å². The van der Waals surface area contributed by atoms with Crippen molar-refractivity contribution < 1.29 is 9.47 Å². The van der Waals surface area contributed by atoms with Crippen molar-refractivity contribution in [2.24, 2.45) is 0 Å². The summed E-state index contributed by atoms with van der Waals surface area (Å²) in [6, 6.07) is 14.3. The Morgan fingerprint density at radius 1 is 1.05 bits per heavy atom. The normalized spacial score (nSPS) is 10.2. The molecule has 0 radical (unpaired) electrons. The van der Waals surface area contributed by atoms with Gasteiger partial charge in [0.1, 0.15) is 11.5 Å². The molecule has 112 valence electrons. The van der Waals surface area contributed by atoms with E-state index in [-0.39, 0.29) is 0 Å². The minimum atomic E-state index is 0.737. The number of methoxy groups -OCH3 is 1. The maximum absolute atomic E-state index is 5.81. The van der Waals surface area contributed by atoms with Crippen molar-refractivity contribution in [3.05, 3.63) is 53.6 Å². The number of hydrogen-bond acceptors (Lipinski definition) is 3. The molecule has 0 spiro atoms. The number of hydrogen-bond donors (Lipinski definition) is 1. The Hall–Kier alpha value is -2.16. The van der Waals surface area contributed by atoms with Gasteiger partial charge in [-0.15, -0.1) is 0 Å². The molecule has 2 aromatic rings. The van der Waals surface area contributed by atoms with Crippen molar-refractivity contribution >= 4 is 5.69 Å². The first-order chi connectivity index (χ1) is 10.2. The van der Waals surface area contributed by atoms with E-state index in [1.807, 2.05) is 12.1 Å². The summed E-state index contributed by atoms with van der Waals surface area (Å²) in [6.07, 6.45) is 1.01. The maximum atomic E-state index is 5.81. The number of ether oxygens (including phenoxy) is 2. The van der Waals surface area contributed by atoms with Gasteiger partial charge in [-0.25, -0.2) is 0 Å². The van der Waals surface area contributed by atoms with E-state index >= 15 is 0 Å². The molecule has 0 aliphatic heterocycles. The fourth-order valence-electron chi connectivity index (χ4n) is 2.05. The van der Waals surface area contributed by atoms with E-state index in [0.717, 1.165) is 36.8 Å². The lowest BCUT2D eigenvalue weighted by molar-refractivity contribution is 0.318. The smallest absolute Gasteiger partial charge is 0.142 e. The summed E-state index contributed by atoms with van der Waals surface area (Å²) in [5, 5.41) is 3.44. The van der Waals surface area contributed by atoms with Gasteiger partial charge in [0.2, 0.25) is 0 Å². The molecule has 0 amide bonds. The molecule has 0 saturated heterocycles. The summed E-state index contributed by atoms with van der Waals surface area (Å²) in [5.41, 5.74) is 3.44. The summed E-state index contributed by atoms with van der Waals surface area (Å²) < 4.78 is 11.0. The Morgan fingerprint density at radius 3 is 2.48 bits per heavy atom. The minimum Gasteiger partial charge on any atom is -0.497 e. The van der Waals surface area contributed by atoms with Crippen LogP contribution in [0.4, 0.5) is 5.69 Å². The summed E-state index contributed by atoms with van der Waals surface area (Å²) in [5.74, 6) is 1.80. The number of aryl methyl sites for hydroxylation is 1. The zero-order valence-electron chi connectivity index (χ0n) is 13.0. The highest BCUT2D eigenvalue weighted by Crippen LogP contribution is 2.26. The first-order valence-electron chi connectivity index (χ1n) is 7.33. The van der Waals surface area contributed by atoms with Crippen LogP contribution in [-0.2, 0) is 6.54 Å². The lowest BCUT2D eigenvalue weighted by Crippen LogP contribution is -2.04. The lowest BCUT2D eigenvalue weighted by Gasteiger charge is -2.14. The second-order valence-electron chi connectivity index (χ2n) is 5.05. The highest BCUT2D eigenvalue weighted by molar-refractivity contribution is 5.58. The van der Waals surface area contributed by atoms with Crippen molar-refractivity contribution in [2.45, 2.75) is 26.8 Å². The zero-order valence-corrected chi connectivity index (χ0v) is 13.0. The number of rotatable bonds is 7. The molecule has 0 aliphatic rings. The first-order valence-corrected chi connectivity index (χ1v) is 7.33. The van der Waals surface area contributed by atoms with Gasteiger partial charge in [0, 0.05) is 6.54 Å². The van der Waals surface area contributed by atoms with Crippen LogP contribution in [0, 0.1) is 6.92 Å². The standard InChI is InChI=1S/C18H23NO2/c1-4-11-21-18-12-14(2)5-10-17(18)19-13-15-6-8-16(20-3)9-7-15/h5-10,12,19H,4,11,13H2,1-3H3. The molecule has 21 heavy (non-hydrogen) atoms. The van der Waals surface area contributed by atoms with E-state index in [1.54, 1.807) is 7.11 Å². The van der Waals surface area contributed by atoms with Gasteiger partial charge < -0.3 is 14.8 Å². The molecular formula is C18H23NO2. The van der Waals surface area contributed by atoms with Crippen LogP contribution in [0.5, 0.6) is 11.5 Å². The molecule has 0 saturated carbocycles. The highest BCUT2D eigenvalue weighted by atomic mass is 16.5. The van der Waals surface area contributed by atoms with E-state index in [1.165, 1.54) is 11.1 Å². The third-order valence-corrected chi connectivity index (χ3v) is 3.24. The van der Waals surface area contributed by atoms with Crippen LogP contribution in [0.3, 0.4) is 0 Å². The first kappa shape index (κ1) is 15.2. The fourth-order valence-corrected chi connectivity index (χ4v) is 2.05. The quantitative estimate of drug-likeness (QED) is 0.817. The van der Waals surface area contributed by atoms with Crippen LogP contribution in [0.15, 0.2) is 42.5 Å². The lowest BCUT2D eigenvalue weighted by atomic mass is 10.2. The van der Waals surface area contributed by atoms with Crippen molar-refractivity contribution in [1.82, 2.24) is 0 Å². The van der Waals surface area contributed by atoms with E-state index in [4.69, 9.17) is 9.47 Å². The van der Waals surface area contributed by atoms with Crippen LogP contribution in [0.2, 0.25) is 0 Å². The van der Waals surface area contributed by atoms with Crippen molar-refractivity contribution in [2.75, 3.05) is 19.0 Å². The predicted molar refractivity (Wildman–Crippen MR) is 87.3 cm³/mol. The molecule has 0 bridgehead atoms. The van der Waals surface area contributed by atoms with Crippen molar-refractivity contribution in [3.8, 4) is 11.5 Å². The molecule has 0 fully saturated rings. The topological polar surface area (TPSA) is 30.5 Å². The molecule has 3 nitrogen and oxygen atoms in total.